The van der Waals surface area contributed by atoms with E-state index in [0.717, 1.165) is 12.8 Å². The van der Waals surface area contributed by atoms with Gasteiger partial charge in [-0.2, -0.15) is 0 Å². The summed E-state index contributed by atoms with van der Waals surface area (Å²) in [5, 5.41) is 0. The Morgan fingerprint density at radius 1 is 1.18 bits per heavy atom. The summed E-state index contributed by atoms with van der Waals surface area (Å²) in [5.74, 6) is 0. The molecule has 1 rings (SSSR count). The zero-order chi connectivity index (χ0) is 11.0. The van der Waals surface area contributed by atoms with Crippen molar-refractivity contribution in [2.24, 2.45) is 10.8 Å². The van der Waals surface area contributed by atoms with Gasteiger partial charge in [0.2, 0.25) is 0 Å². The van der Waals surface area contributed by atoms with Crippen LogP contribution in [-0.2, 0) is 0 Å². The second-order valence-electron chi connectivity index (χ2n) is 4.75. The molecule has 0 heterocycles. The molecule has 1 aliphatic rings. The van der Waals surface area contributed by atoms with Gasteiger partial charge in [-0.15, -0.1) is 0 Å². The first-order valence-electron chi connectivity index (χ1n) is 6.21. The van der Waals surface area contributed by atoms with Crippen LogP contribution in [0, 0.1) is 10.8 Å². The van der Waals surface area contributed by atoms with Gasteiger partial charge < -0.3 is 0 Å². The third-order valence-corrected chi connectivity index (χ3v) is 3.47. The third kappa shape index (κ3) is 1.77. The number of hydrogen-bond donors (Lipinski definition) is 0. The van der Waals surface area contributed by atoms with Gasteiger partial charge in [-0.25, -0.2) is 0 Å². The molecule has 0 spiro atoms. The van der Waals surface area contributed by atoms with E-state index in [9.17, 15) is 0 Å². The lowest BCUT2D eigenvalue weighted by Gasteiger charge is -2.45. The molecule has 66 valence electrons. The van der Waals surface area contributed by atoms with Gasteiger partial charge in [-0.05, 0) is 23.7 Å². The molecule has 0 aromatic carbocycles. The van der Waals surface area contributed by atoms with Gasteiger partial charge in [0.25, 0.3) is 0 Å². The second-order valence-corrected chi connectivity index (χ2v) is 4.75. The maximum Gasteiger partial charge on any atom is 0.0236 e. The van der Waals surface area contributed by atoms with Gasteiger partial charge in [0.05, 0.1) is 0 Å². The lowest BCUT2D eigenvalue weighted by atomic mass is 9.61. The summed E-state index contributed by atoms with van der Waals surface area (Å²) in [6, 6.07) is 0. The van der Waals surface area contributed by atoms with E-state index >= 15 is 0 Å². The fraction of sp³-hybridized carbons (Fsp3) is 1.00. The second kappa shape index (κ2) is 2.80. The van der Waals surface area contributed by atoms with Crippen molar-refractivity contribution in [3.63, 3.8) is 0 Å². The fourth-order valence-electron chi connectivity index (χ4n) is 1.96. The van der Waals surface area contributed by atoms with Gasteiger partial charge in [0.1, 0.15) is 0 Å². The van der Waals surface area contributed by atoms with Gasteiger partial charge in [0.15, 0.2) is 0 Å². The lowest BCUT2D eigenvalue weighted by Crippen LogP contribution is -2.34. The molecule has 0 amide bonds. The van der Waals surface area contributed by atoms with Gasteiger partial charge in [-0.1, -0.05) is 46.9 Å². The van der Waals surface area contributed by atoms with E-state index in [0.29, 0.717) is 0 Å². The van der Waals surface area contributed by atoms with E-state index in [1.807, 2.05) is 13.8 Å². The molecule has 0 bridgehead atoms. The van der Waals surface area contributed by atoms with Crippen LogP contribution in [-0.4, -0.2) is 0 Å². The van der Waals surface area contributed by atoms with Crippen molar-refractivity contribution in [3.8, 4) is 0 Å². The molecule has 1 aliphatic carbocycles. The minimum atomic E-state index is -1.83. The number of hydrogen-bond acceptors (Lipinski definition) is 0. The summed E-state index contributed by atoms with van der Waals surface area (Å²) in [4.78, 5) is 0. The Balaban J connectivity index is 2.89. The average molecular weight is 157 g/mol. The normalized spacial score (nSPS) is 30.3. The van der Waals surface area contributed by atoms with Gasteiger partial charge in [-0.3, -0.25) is 0 Å². The molecule has 11 heavy (non-hydrogen) atoms. The molecular formula is C11H22. The fourth-order valence-corrected chi connectivity index (χ4v) is 1.96. The van der Waals surface area contributed by atoms with Crippen molar-refractivity contribution in [3.05, 3.63) is 0 Å². The first-order valence-corrected chi connectivity index (χ1v) is 4.71. The third-order valence-electron chi connectivity index (χ3n) is 3.47. The van der Waals surface area contributed by atoms with Crippen molar-refractivity contribution in [2.45, 2.75) is 59.7 Å². The van der Waals surface area contributed by atoms with Crippen LogP contribution in [0.15, 0.2) is 0 Å². The molecule has 0 N–H and O–H groups in total. The van der Waals surface area contributed by atoms with Crippen LogP contribution >= 0.6 is 0 Å². The van der Waals surface area contributed by atoms with Crippen LogP contribution < -0.4 is 0 Å². The summed E-state index contributed by atoms with van der Waals surface area (Å²) < 4.78 is 22.9. The summed E-state index contributed by atoms with van der Waals surface area (Å²) in [7, 11) is 0. The highest BCUT2D eigenvalue weighted by Crippen LogP contribution is 2.48. The molecule has 0 aliphatic heterocycles. The summed E-state index contributed by atoms with van der Waals surface area (Å²) >= 11 is 0. The highest BCUT2D eigenvalue weighted by Gasteiger charge is 2.37. The quantitative estimate of drug-likeness (QED) is 0.498. The smallest absolute Gasteiger partial charge is 0.0236 e. The summed E-state index contributed by atoms with van der Waals surface area (Å²) in [5.41, 5.74) is -0.559. The van der Waals surface area contributed by atoms with Gasteiger partial charge in [0, 0.05) is 4.11 Å². The van der Waals surface area contributed by atoms with E-state index in [1.54, 1.807) is 0 Å². The highest BCUT2D eigenvalue weighted by atomic mass is 14.4. The zero-order valence-electron chi connectivity index (χ0n) is 11.0. The standard InChI is InChI=1S/C11H22/c1-10(2,3)11(4)8-6-5-7-9-11/h5-9H2,1-4H3/i1D3. The van der Waals surface area contributed by atoms with Crippen LogP contribution in [0.3, 0.4) is 0 Å². The molecule has 0 heteroatoms. The predicted molar refractivity (Wildman–Crippen MR) is 50.6 cm³/mol. The van der Waals surface area contributed by atoms with Crippen molar-refractivity contribution in [1.82, 2.24) is 0 Å². The zero-order valence-corrected chi connectivity index (χ0v) is 8.04. The number of rotatable bonds is 0. The SMILES string of the molecule is [2H]C([2H])([2H])C(C)(C)C1(C)CCCCC1. The Hall–Kier alpha value is 0. The van der Waals surface area contributed by atoms with Crippen LogP contribution in [0.5, 0.6) is 0 Å². The molecule has 0 aromatic heterocycles. The first kappa shape index (κ1) is 5.61. The van der Waals surface area contributed by atoms with Crippen LogP contribution in [0.25, 0.3) is 0 Å². The van der Waals surface area contributed by atoms with Crippen LogP contribution in [0.2, 0.25) is 0 Å². The molecule has 1 fully saturated rings. The molecule has 0 unspecified atom stereocenters. The molecule has 0 nitrogen and oxygen atoms in total. The minimum absolute atomic E-state index is 0.00347. The molecule has 0 saturated heterocycles. The topological polar surface area (TPSA) is 0 Å². The van der Waals surface area contributed by atoms with Crippen molar-refractivity contribution in [1.29, 1.82) is 0 Å². The van der Waals surface area contributed by atoms with Gasteiger partial charge >= 0.3 is 0 Å². The molecule has 0 atom stereocenters. The Morgan fingerprint density at radius 2 is 1.73 bits per heavy atom. The average Bonchev–Trinajstić information content (AvgIpc) is 2.03. The van der Waals surface area contributed by atoms with E-state index in [4.69, 9.17) is 4.11 Å². The van der Waals surface area contributed by atoms with Crippen LogP contribution in [0.1, 0.15) is 63.8 Å². The largest absolute Gasteiger partial charge is 0.0597 e. The van der Waals surface area contributed by atoms with E-state index in [-0.39, 0.29) is 5.41 Å². The maximum absolute atomic E-state index is 7.63. The molecule has 0 aromatic rings. The Labute approximate surface area is 75.6 Å². The molecule has 0 radical (unpaired) electrons. The van der Waals surface area contributed by atoms with Crippen LogP contribution in [0.4, 0.5) is 0 Å². The monoisotopic (exact) mass is 157 g/mol. The Kier molecular flexibility index (Phi) is 1.43. The predicted octanol–water partition coefficient (Wildman–Crippen LogP) is 4.00. The van der Waals surface area contributed by atoms with E-state index in [1.165, 1.54) is 19.3 Å². The molecule has 1 saturated carbocycles. The highest BCUT2D eigenvalue weighted by molar-refractivity contribution is 4.88. The minimum Gasteiger partial charge on any atom is -0.0597 e. The molecular weight excluding hydrogens is 132 g/mol. The maximum atomic E-state index is 7.63. The van der Waals surface area contributed by atoms with Crippen molar-refractivity contribution in [2.75, 3.05) is 0 Å². The van der Waals surface area contributed by atoms with E-state index < -0.39 is 12.3 Å². The Bertz CT molecular complexity index is 197. The Morgan fingerprint density at radius 3 is 2.18 bits per heavy atom. The van der Waals surface area contributed by atoms with Crippen molar-refractivity contribution >= 4 is 0 Å². The lowest BCUT2D eigenvalue weighted by molar-refractivity contribution is 0.0601. The summed E-state index contributed by atoms with van der Waals surface area (Å²) in [6.45, 7) is 4.13. The van der Waals surface area contributed by atoms with E-state index in [2.05, 4.69) is 6.92 Å². The first-order chi connectivity index (χ1) is 6.21. The van der Waals surface area contributed by atoms with Crippen molar-refractivity contribution < 1.29 is 4.11 Å². The summed E-state index contributed by atoms with van der Waals surface area (Å²) in [6.07, 6.45) is 5.79.